The molecule has 0 radical (unpaired) electrons. The van der Waals surface area contributed by atoms with Gasteiger partial charge < -0.3 is 11.1 Å². The first kappa shape index (κ1) is 14.4. The van der Waals surface area contributed by atoms with Gasteiger partial charge in [0.05, 0.1) is 11.8 Å². The van der Waals surface area contributed by atoms with Crippen LogP contribution in [0, 0.1) is 0 Å². The highest BCUT2D eigenvalue weighted by Crippen LogP contribution is 1.95. The van der Waals surface area contributed by atoms with E-state index in [2.05, 4.69) is 5.32 Å². The minimum atomic E-state index is -3.06. The molecule has 0 aliphatic carbocycles. The third-order valence-electron chi connectivity index (χ3n) is 1.88. The molecule has 0 fully saturated rings. The highest BCUT2D eigenvalue weighted by atomic mass is 32.2. The Morgan fingerprint density at radius 3 is 2.40 bits per heavy atom. The normalized spacial score (nSPS) is 15.7. The zero-order chi connectivity index (χ0) is 12.1. The van der Waals surface area contributed by atoms with Crippen LogP contribution < -0.4 is 11.1 Å². The quantitative estimate of drug-likeness (QED) is 0.660. The number of sulfone groups is 1. The standard InChI is InChI=1S/C9H20N2O3S/c1-4-5-8(10)9(12)11-7(2)6-15(3,13)14/h7-8H,4-6,10H2,1-3H3,(H,11,12). The Morgan fingerprint density at radius 1 is 1.47 bits per heavy atom. The Kier molecular flexibility index (Phi) is 5.82. The number of carbonyl (C=O) groups excluding carboxylic acids is 1. The van der Waals surface area contributed by atoms with Crippen LogP contribution in [-0.2, 0) is 14.6 Å². The summed E-state index contributed by atoms with van der Waals surface area (Å²) in [6, 6.07) is -0.938. The van der Waals surface area contributed by atoms with Crippen LogP contribution in [0.4, 0.5) is 0 Å². The predicted octanol–water partition coefficient (Wildman–Crippen LogP) is -0.337. The molecule has 0 aromatic carbocycles. The van der Waals surface area contributed by atoms with Gasteiger partial charge in [-0.05, 0) is 13.3 Å². The summed E-state index contributed by atoms with van der Waals surface area (Å²) in [7, 11) is -3.06. The number of rotatable bonds is 6. The second-order valence-electron chi connectivity index (χ2n) is 3.90. The molecule has 2 atom stereocenters. The van der Waals surface area contributed by atoms with E-state index in [0.717, 1.165) is 12.7 Å². The van der Waals surface area contributed by atoms with Crippen molar-refractivity contribution >= 4 is 15.7 Å². The Labute approximate surface area is 91.3 Å². The third kappa shape index (κ3) is 7.33. The summed E-state index contributed by atoms with van der Waals surface area (Å²) >= 11 is 0. The molecule has 0 aliphatic heterocycles. The van der Waals surface area contributed by atoms with Crippen molar-refractivity contribution in [1.29, 1.82) is 0 Å². The lowest BCUT2D eigenvalue weighted by atomic mass is 10.1. The molecule has 15 heavy (non-hydrogen) atoms. The first-order valence-corrected chi connectivity index (χ1v) is 7.06. The molecule has 0 aromatic rings. The van der Waals surface area contributed by atoms with Crippen LogP contribution in [0.5, 0.6) is 0 Å². The molecule has 0 rings (SSSR count). The van der Waals surface area contributed by atoms with Crippen LogP contribution in [-0.4, -0.2) is 38.4 Å². The molecule has 0 saturated carbocycles. The predicted molar refractivity (Wildman–Crippen MR) is 60.2 cm³/mol. The van der Waals surface area contributed by atoms with E-state index >= 15 is 0 Å². The lowest BCUT2D eigenvalue weighted by molar-refractivity contribution is -0.122. The van der Waals surface area contributed by atoms with E-state index in [1.165, 1.54) is 0 Å². The van der Waals surface area contributed by atoms with E-state index in [1.54, 1.807) is 6.92 Å². The van der Waals surface area contributed by atoms with Gasteiger partial charge in [0.1, 0.15) is 9.84 Å². The molecular formula is C9H20N2O3S. The fourth-order valence-corrected chi connectivity index (χ4v) is 2.28. The average Bonchev–Trinajstić information content (AvgIpc) is 2.00. The Balaban J connectivity index is 4.07. The molecule has 90 valence electrons. The van der Waals surface area contributed by atoms with Gasteiger partial charge in [0, 0.05) is 12.3 Å². The van der Waals surface area contributed by atoms with Crippen molar-refractivity contribution in [2.24, 2.45) is 5.73 Å². The first-order chi connectivity index (χ1) is 6.76. The second-order valence-corrected chi connectivity index (χ2v) is 6.08. The minimum absolute atomic E-state index is 0.0580. The van der Waals surface area contributed by atoms with Crippen LogP contribution in [0.15, 0.2) is 0 Å². The molecule has 3 N–H and O–H groups in total. The van der Waals surface area contributed by atoms with E-state index < -0.39 is 21.9 Å². The molecule has 0 aliphatic rings. The summed E-state index contributed by atoms with van der Waals surface area (Å²) in [5.41, 5.74) is 5.58. The zero-order valence-corrected chi connectivity index (χ0v) is 10.3. The van der Waals surface area contributed by atoms with Gasteiger partial charge in [0.2, 0.25) is 5.91 Å². The van der Waals surface area contributed by atoms with E-state index in [1.807, 2.05) is 6.92 Å². The molecular weight excluding hydrogens is 216 g/mol. The maximum atomic E-state index is 11.4. The fourth-order valence-electron chi connectivity index (χ4n) is 1.29. The van der Waals surface area contributed by atoms with Crippen molar-refractivity contribution in [2.45, 2.75) is 38.8 Å². The van der Waals surface area contributed by atoms with Crippen molar-refractivity contribution in [2.75, 3.05) is 12.0 Å². The number of hydrogen-bond acceptors (Lipinski definition) is 4. The zero-order valence-electron chi connectivity index (χ0n) is 9.49. The van der Waals surface area contributed by atoms with Gasteiger partial charge in [-0.2, -0.15) is 0 Å². The third-order valence-corrected chi connectivity index (χ3v) is 2.98. The highest BCUT2D eigenvalue weighted by Gasteiger charge is 2.17. The van der Waals surface area contributed by atoms with Gasteiger partial charge in [-0.3, -0.25) is 4.79 Å². The molecule has 0 spiro atoms. The topological polar surface area (TPSA) is 89.3 Å². The maximum Gasteiger partial charge on any atom is 0.237 e. The SMILES string of the molecule is CCCC(N)C(=O)NC(C)CS(C)(=O)=O. The van der Waals surface area contributed by atoms with Crippen molar-refractivity contribution in [1.82, 2.24) is 5.32 Å². The van der Waals surface area contributed by atoms with Gasteiger partial charge in [0.15, 0.2) is 0 Å². The van der Waals surface area contributed by atoms with Gasteiger partial charge in [0.25, 0.3) is 0 Å². The largest absolute Gasteiger partial charge is 0.351 e. The Morgan fingerprint density at radius 2 is 2.00 bits per heavy atom. The van der Waals surface area contributed by atoms with Crippen molar-refractivity contribution in [3.8, 4) is 0 Å². The molecule has 6 heteroatoms. The van der Waals surface area contributed by atoms with Crippen LogP contribution in [0.25, 0.3) is 0 Å². The van der Waals surface area contributed by atoms with E-state index in [0.29, 0.717) is 6.42 Å². The van der Waals surface area contributed by atoms with Crippen molar-refractivity contribution in [3.63, 3.8) is 0 Å². The minimum Gasteiger partial charge on any atom is -0.351 e. The summed E-state index contributed by atoms with van der Waals surface area (Å²) < 4.78 is 21.9. The van der Waals surface area contributed by atoms with Gasteiger partial charge in [-0.25, -0.2) is 8.42 Å². The summed E-state index contributed by atoms with van der Waals surface area (Å²) in [6.45, 7) is 3.59. The number of nitrogens with two attached hydrogens (primary N) is 1. The first-order valence-electron chi connectivity index (χ1n) is 5.00. The molecule has 0 heterocycles. The lowest BCUT2D eigenvalue weighted by Gasteiger charge is -2.16. The van der Waals surface area contributed by atoms with Crippen LogP contribution >= 0.6 is 0 Å². The monoisotopic (exact) mass is 236 g/mol. The molecule has 5 nitrogen and oxygen atoms in total. The molecule has 0 aromatic heterocycles. The average molecular weight is 236 g/mol. The fraction of sp³-hybridized carbons (Fsp3) is 0.889. The van der Waals surface area contributed by atoms with Crippen molar-refractivity contribution < 1.29 is 13.2 Å². The van der Waals surface area contributed by atoms with Crippen molar-refractivity contribution in [3.05, 3.63) is 0 Å². The lowest BCUT2D eigenvalue weighted by Crippen LogP contribution is -2.46. The Bertz CT molecular complexity index is 300. The summed E-state index contributed by atoms with van der Waals surface area (Å²) in [5, 5.41) is 2.58. The maximum absolute atomic E-state index is 11.4. The van der Waals surface area contributed by atoms with Gasteiger partial charge in [-0.1, -0.05) is 13.3 Å². The highest BCUT2D eigenvalue weighted by molar-refractivity contribution is 7.90. The molecule has 1 amide bonds. The number of carbonyl (C=O) groups is 1. The van der Waals surface area contributed by atoms with Crippen LogP contribution in [0.2, 0.25) is 0 Å². The van der Waals surface area contributed by atoms with E-state index in [-0.39, 0.29) is 11.7 Å². The summed E-state index contributed by atoms with van der Waals surface area (Å²) in [6.07, 6.45) is 2.58. The van der Waals surface area contributed by atoms with E-state index in [4.69, 9.17) is 5.73 Å². The summed E-state index contributed by atoms with van der Waals surface area (Å²) in [4.78, 5) is 11.4. The van der Waals surface area contributed by atoms with Gasteiger partial charge in [-0.15, -0.1) is 0 Å². The molecule has 0 bridgehead atoms. The van der Waals surface area contributed by atoms with E-state index in [9.17, 15) is 13.2 Å². The second kappa shape index (κ2) is 6.07. The smallest absolute Gasteiger partial charge is 0.237 e. The summed E-state index contributed by atoms with van der Waals surface area (Å²) in [5.74, 6) is -0.342. The molecule has 0 saturated heterocycles. The molecule has 2 unspecified atom stereocenters. The van der Waals surface area contributed by atoms with Gasteiger partial charge >= 0.3 is 0 Å². The number of hydrogen-bond donors (Lipinski definition) is 2. The Hall–Kier alpha value is -0.620. The van der Waals surface area contributed by atoms with Crippen LogP contribution in [0.1, 0.15) is 26.7 Å². The van der Waals surface area contributed by atoms with Crippen LogP contribution in [0.3, 0.4) is 0 Å². The number of nitrogens with one attached hydrogen (secondary N) is 1. The number of amides is 1.